The van der Waals surface area contributed by atoms with Gasteiger partial charge in [0.25, 0.3) is 0 Å². The summed E-state index contributed by atoms with van der Waals surface area (Å²) in [6.45, 7) is 8.93. The molecule has 0 aromatic carbocycles. The van der Waals surface area contributed by atoms with E-state index in [9.17, 15) is 20.1 Å². The number of carbonyl (C=O) groups excluding carboxylic acids is 1. The van der Waals surface area contributed by atoms with Crippen LogP contribution in [0.25, 0.3) is 0 Å². The predicted octanol–water partition coefficient (Wildman–Crippen LogP) is 2.82. The van der Waals surface area contributed by atoms with Crippen LogP contribution in [0.2, 0.25) is 0 Å². The van der Waals surface area contributed by atoms with Gasteiger partial charge in [-0.2, -0.15) is 0 Å². The first-order valence-electron chi connectivity index (χ1n) is 11.5. The first-order valence-corrected chi connectivity index (χ1v) is 11.5. The maximum absolute atomic E-state index is 11.8. The van der Waals surface area contributed by atoms with E-state index >= 15 is 0 Å². The minimum absolute atomic E-state index is 0.105. The highest BCUT2D eigenvalue weighted by molar-refractivity contribution is 5.74. The average molecular weight is 433 g/mol. The van der Waals surface area contributed by atoms with Crippen LogP contribution in [0.4, 0.5) is 0 Å². The van der Waals surface area contributed by atoms with E-state index in [2.05, 4.69) is 33.8 Å². The van der Waals surface area contributed by atoms with E-state index in [1.165, 1.54) is 16.7 Å². The summed E-state index contributed by atoms with van der Waals surface area (Å²) in [6.07, 6.45) is 4.23. The molecule has 4 aliphatic rings. The lowest BCUT2D eigenvalue weighted by Crippen LogP contribution is -2.56. The number of aliphatic hydroxyl groups excluding tert-OH is 3. The van der Waals surface area contributed by atoms with E-state index in [0.717, 1.165) is 32.0 Å². The van der Waals surface area contributed by atoms with Crippen LogP contribution in [0.5, 0.6) is 0 Å². The Morgan fingerprint density at radius 2 is 1.87 bits per heavy atom. The molecule has 7 atom stereocenters. The molecule has 3 unspecified atom stereocenters. The summed E-state index contributed by atoms with van der Waals surface area (Å²) in [6, 6.07) is 0. The standard InChI is InChI=1S/C25H36O6/c1-14(2)16-7-8-24(3)9-10-25(4)17(20(16)24)6-5-15(12-26)11-19(25)31-23-22(29)21(28)18(27)13-30-23/h5-6,12,14,18-19,21-23,27-29H,7-11,13H2,1-4H3/t18?,19?,21-,22+,23-,24?,25+/m0/s1. The first kappa shape index (κ1) is 22.9. The van der Waals surface area contributed by atoms with Crippen molar-refractivity contribution < 1.29 is 29.6 Å². The Hall–Kier alpha value is -1.31. The molecule has 0 radical (unpaired) electrons. The van der Waals surface area contributed by atoms with Crippen molar-refractivity contribution >= 4 is 6.29 Å². The van der Waals surface area contributed by atoms with Crippen molar-refractivity contribution in [1.82, 2.24) is 0 Å². The summed E-state index contributed by atoms with van der Waals surface area (Å²) in [5.74, 6) is 0.456. The number of aldehydes is 1. The number of rotatable bonds is 4. The van der Waals surface area contributed by atoms with Gasteiger partial charge in [0.1, 0.15) is 24.6 Å². The van der Waals surface area contributed by atoms with Gasteiger partial charge in [0.05, 0.1) is 12.7 Å². The van der Waals surface area contributed by atoms with Crippen molar-refractivity contribution in [2.75, 3.05) is 6.61 Å². The fraction of sp³-hybridized carbons (Fsp3) is 0.720. The van der Waals surface area contributed by atoms with Crippen LogP contribution in [-0.2, 0) is 14.3 Å². The van der Waals surface area contributed by atoms with Crippen molar-refractivity contribution in [2.45, 2.75) is 90.5 Å². The van der Waals surface area contributed by atoms with Crippen LogP contribution >= 0.6 is 0 Å². The van der Waals surface area contributed by atoms with Crippen LogP contribution in [0.1, 0.15) is 59.8 Å². The van der Waals surface area contributed by atoms with Crippen molar-refractivity contribution in [1.29, 1.82) is 0 Å². The lowest BCUT2D eigenvalue weighted by molar-refractivity contribution is -0.291. The van der Waals surface area contributed by atoms with Crippen LogP contribution in [0.15, 0.2) is 34.4 Å². The Morgan fingerprint density at radius 1 is 1.13 bits per heavy atom. The number of allylic oxidation sites excluding steroid dienone is 4. The van der Waals surface area contributed by atoms with Gasteiger partial charge >= 0.3 is 0 Å². The molecule has 31 heavy (non-hydrogen) atoms. The Bertz CT molecular complexity index is 826. The monoisotopic (exact) mass is 432 g/mol. The second-order valence-electron chi connectivity index (χ2n) is 10.6. The van der Waals surface area contributed by atoms with Crippen molar-refractivity contribution in [3.63, 3.8) is 0 Å². The largest absolute Gasteiger partial charge is 0.388 e. The van der Waals surface area contributed by atoms with Crippen LogP contribution in [0.3, 0.4) is 0 Å². The zero-order valence-electron chi connectivity index (χ0n) is 19.0. The average Bonchev–Trinajstić information content (AvgIpc) is 3.02. The predicted molar refractivity (Wildman–Crippen MR) is 116 cm³/mol. The molecule has 0 aromatic rings. The minimum atomic E-state index is -1.35. The lowest BCUT2D eigenvalue weighted by Gasteiger charge is -2.50. The summed E-state index contributed by atoms with van der Waals surface area (Å²) in [7, 11) is 0. The smallest absolute Gasteiger partial charge is 0.186 e. The highest BCUT2D eigenvalue weighted by Gasteiger charge is 2.53. The Kier molecular flexibility index (Phi) is 6.07. The van der Waals surface area contributed by atoms with Crippen molar-refractivity contribution in [3.8, 4) is 0 Å². The topological polar surface area (TPSA) is 96.2 Å². The van der Waals surface area contributed by atoms with Gasteiger partial charge in [0.15, 0.2) is 6.29 Å². The quantitative estimate of drug-likeness (QED) is 0.591. The maximum Gasteiger partial charge on any atom is 0.186 e. The SMILES string of the molecule is CC(C)C1=C2C3=CC=C(C=O)CC(O[C@@H]4OCC(O)[C@H](O)[C@H]4O)[C@]3(C)CCC2(C)CC1. The Balaban J connectivity index is 1.73. The van der Waals surface area contributed by atoms with Gasteiger partial charge in [-0.05, 0) is 53.7 Å². The molecule has 1 aliphatic heterocycles. The molecule has 0 bridgehead atoms. The molecule has 3 aliphatic carbocycles. The molecule has 0 spiro atoms. The van der Waals surface area contributed by atoms with Crippen LogP contribution in [-0.4, -0.2) is 58.9 Å². The molecule has 6 nitrogen and oxygen atoms in total. The van der Waals surface area contributed by atoms with E-state index in [0.29, 0.717) is 17.9 Å². The number of fused-ring (bicyclic) bond motifs is 3. The van der Waals surface area contributed by atoms with Gasteiger partial charge in [-0.15, -0.1) is 0 Å². The van der Waals surface area contributed by atoms with Gasteiger partial charge in [0, 0.05) is 11.8 Å². The van der Waals surface area contributed by atoms with Crippen LogP contribution < -0.4 is 0 Å². The number of hydrogen-bond donors (Lipinski definition) is 3. The number of aliphatic hydroxyl groups is 3. The summed E-state index contributed by atoms with van der Waals surface area (Å²) in [5.41, 5.74) is 4.57. The third-order valence-electron chi connectivity index (χ3n) is 8.15. The molecule has 6 heteroatoms. The zero-order valence-corrected chi connectivity index (χ0v) is 19.0. The molecule has 0 amide bonds. The normalized spacial score (nSPS) is 43.2. The maximum atomic E-state index is 11.8. The first-order chi connectivity index (χ1) is 14.6. The van der Waals surface area contributed by atoms with E-state index in [1.807, 2.05) is 6.08 Å². The lowest BCUT2D eigenvalue weighted by atomic mass is 9.57. The zero-order chi connectivity index (χ0) is 22.6. The molecule has 4 rings (SSSR count). The van der Waals surface area contributed by atoms with Crippen LogP contribution in [0, 0.1) is 16.7 Å². The van der Waals surface area contributed by atoms with E-state index in [-0.39, 0.29) is 17.4 Å². The van der Waals surface area contributed by atoms with Gasteiger partial charge in [-0.1, -0.05) is 45.4 Å². The number of hydrogen-bond acceptors (Lipinski definition) is 6. The fourth-order valence-electron chi connectivity index (χ4n) is 5.98. The van der Waals surface area contributed by atoms with Crippen molar-refractivity contribution in [3.05, 3.63) is 34.4 Å². The molecular weight excluding hydrogens is 396 g/mol. The molecule has 0 aromatic heterocycles. The fourth-order valence-corrected chi connectivity index (χ4v) is 5.98. The second kappa shape index (κ2) is 8.23. The number of carbonyl (C=O) groups is 1. The summed E-state index contributed by atoms with van der Waals surface area (Å²) in [5, 5.41) is 30.3. The second-order valence-corrected chi connectivity index (χ2v) is 10.6. The summed E-state index contributed by atoms with van der Waals surface area (Å²) >= 11 is 0. The molecule has 172 valence electrons. The third kappa shape index (κ3) is 3.76. The summed E-state index contributed by atoms with van der Waals surface area (Å²) in [4.78, 5) is 11.8. The highest BCUT2D eigenvalue weighted by atomic mass is 16.7. The van der Waals surface area contributed by atoms with Gasteiger partial charge in [-0.25, -0.2) is 0 Å². The third-order valence-corrected chi connectivity index (χ3v) is 8.15. The summed E-state index contributed by atoms with van der Waals surface area (Å²) < 4.78 is 11.9. The Labute approximate surface area is 184 Å². The van der Waals surface area contributed by atoms with Crippen molar-refractivity contribution in [2.24, 2.45) is 16.7 Å². The van der Waals surface area contributed by atoms with Gasteiger partial charge in [-0.3, -0.25) is 4.79 Å². The molecule has 1 heterocycles. The van der Waals surface area contributed by atoms with E-state index in [4.69, 9.17) is 9.47 Å². The molecule has 1 saturated carbocycles. The number of ether oxygens (including phenoxy) is 2. The molecule has 2 fully saturated rings. The van der Waals surface area contributed by atoms with Gasteiger partial charge in [0.2, 0.25) is 0 Å². The highest BCUT2D eigenvalue weighted by Crippen LogP contribution is 2.62. The Morgan fingerprint density at radius 3 is 2.55 bits per heavy atom. The molecule has 1 saturated heterocycles. The van der Waals surface area contributed by atoms with Gasteiger partial charge < -0.3 is 24.8 Å². The molecular formula is C25H36O6. The molecule has 3 N–H and O–H groups in total. The van der Waals surface area contributed by atoms with E-state index < -0.39 is 30.7 Å². The minimum Gasteiger partial charge on any atom is -0.388 e. The van der Waals surface area contributed by atoms with E-state index in [1.54, 1.807) is 0 Å².